The number of benzene rings is 2. The van der Waals surface area contributed by atoms with Crippen LogP contribution in [0.4, 0.5) is 13.2 Å². The number of hydrogen-bond acceptors (Lipinski definition) is 4. The molecule has 2 aromatic carbocycles. The smallest absolute Gasteiger partial charge is 0.379 e. The molecule has 1 fully saturated rings. The van der Waals surface area contributed by atoms with Gasteiger partial charge in [-0.1, -0.05) is 36.4 Å². The number of alkyl halides is 3. The van der Waals surface area contributed by atoms with E-state index >= 15 is 0 Å². The zero-order valence-electron chi connectivity index (χ0n) is 15.0. The van der Waals surface area contributed by atoms with Crippen LogP contribution in [0.15, 0.2) is 59.5 Å². The molecule has 9 heteroatoms. The third-order valence-corrected chi connectivity index (χ3v) is 5.98. The summed E-state index contributed by atoms with van der Waals surface area (Å²) in [4.78, 5) is 1.65. The van der Waals surface area contributed by atoms with E-state index < -0.39 is 32.7 Å². The fourth-order valence-corrected chi connectivity index (χ4v) is 4.29. The van der Waals surface area contributed by atoms with E-state index in [1.807, 2.05) is 6.07 Å². The Hall–Kier alpha value is -1.94. The van der Waals surface area contributed by atoms with Gasteiger partial charge in [-0.3, -0.25) is 4.90 Å². The summed E-state index contributed by atoms with van der Waals surface area (Å²) in [6, 6.07) is 12.1. The van der Waals surface area contributed by atoms with Gasteiger partial charge in [0.15, 0.2) is 0 Å². The van der Waals surface area contributed by atoms with E-state index in [1.165, 1.54) is 0 Å². The molecule has 1 aliphatic heterocycles. The third kappa shape index (κ3) is 5.32. The summed E-state index contributed by atoms with van der Waals surface area (Å²) in [5, 5.41) is 0. The molecular weight excluding hydrogens is 393 g/mol. The van der Waals surface area contributed by atoms with Gasteiger partial charge in [0.05, 0.1) is 29.7 Å². The molecule has 1 atom stereocenters. The lowest BCUT2D eigenvalue weighted by Crippen LogP contribution is -2.43. The van der Waals surface area contributed by atoms with Crippen LogP contribution < -0.4 is 4.72 Å². The second-order valence-corrected chi connectivity index (χ2v) is 8.24. The lowest BCUT2D eigenvalue weighted by Gasteiger charge is -2.31. The number of morpholine rings is 1. The van der Waals surface area contributed by atoms with E-state index in [-0.39, 0.29) is 0 Å². The summed E-state index contributed by atoms with van der Waals surface area (Å²) in [6.45, 7) is 2.83. The maximum Gasteiger partial charge on any atom is 0.416 e. The second-order valence-electron chi connectivity index (χ2n) is 6.52. The molecule has 2 aromatic rings. The average molecular weight is 414 g/mol. The van der Waals surface area contributed by atoms with Gasteiger partial charge in [0, 0.05) is 19.6 Å². The highest BCUT2D eigenvalue weighted by molar-refractivity contribution is 7.89. The maximum absolute atomic E-state index is 13.0. The van der Waals surface area contributed by atoms with Gasteiger partial charge in [-0.25, -0.2) is 13.1 Å². The van der Waals surface area contributed by atoms with Gasteiger partial charge >= 0.3 is 6.18 Å². The summed E-state index contributed by atoms with van der Waals surface area (Å²) in [5.74, 6) is 0. The van der Waals surface area contributed by atoms with Crippen molar-refractivity contribution in [2.24, 2.45) is 0 Å². The first kappa shape index (κ1) is 20.8. The highest BCUT2D eigenvalue weighted by Gasteiger charge is 2.32. The van der Waals surface area contributed by atoms with Crippen molar-refractivity contribution in [2.45, 2.75) is 17.1 Å². The highest BCUT2D eigenvalue weighted by Crippen LogP contribution is 2.30. The standard InChI is InChI=1S/C19H21F3N2O3S/c20-19(21,22)16-7-4-8-17(13-16)28(25,26)23-18(15-5-2-1-3-6-15)14-24-9-11-27-12-10-24/h1-8,13,18,23H,9-12,14H2. The SMILES string of the molecule is O=S(=O)(NC(CN1CCOCC1)c1ccccc1)c1cccc(C(F)(F)F)c1. The van der Waals surface area contributed by atoms with Crippen molar-refractivity contribution in [3.8, 4) is 0 Å². The van der Waals surface area contributed by atoms with Gasteiger partial charge in [-0.05, 0) is 23.8 Å². The first-order chi connectivity index (χ1) is 13.3. The van der Waals surface area contributed by atoms with E-state index in [9.17, 15) is 21.6 Å². The van der Waals surface area contributed by atoms with Crippen LogP contribution in [0.25, 0.3) is 0 Å². The second kappa shape index (κ2) is 8.60. The molecule has 0 saturated carbocycles. The Bertz CT molecular complexity index is 883. The van der Waals surface area contributed by atoms with Crippen molar-refractivity contribution < 1.29 is 26.3 Å². The van der Waals surface area contributed by atoms with Gasteiger partial charge in [0.25, 0.3) is 0 Å². The molecule has 0 radical (unpaired) electrons. The average Bonchev–Trinajstić information content (AvgIpc) is 2.68. The quantitative estimate of drug-likeness (QED) is 0.790. The van der Waals surface area contributed by atoms with Crippen molar-refractivity contribution in [3.63, 3.8) is 0 Å². The summed E-state index contributed by atoms with van der Waals surface area (Å²) < 4.78 is 72.4. The molecule has 1 saturated heterocycles. The zero-order valence-corrected chi connectivity index (χ0v) is 15.8. The predicted molar refractivity (Wildman–Crippen MR) is 98.2 cm³/mol. The summed E-state index contributed by atoms with van der Waals surface area (Å²) in [5.41, 5.74) is -0.260. The molecule has 152 valence electrons. The van der Waals surface area contributed by atoms with Crippen LogP contribution in [0.1, 0.15) is 17.2 Å². The van der Waals surface area contributed by atoms with Crippen molar-refractivity contribution >= 4 is 10.0 Å². The molecule has 28 heavy (non-hydrogen) atoms. The third-order valence-electron chi connectivity index (χ3n) is 4.52. The van der Waals surface area contributed by atoms with Gasteiger partial charge < -0.3 is 4.74 Å². The molecule has 1 aliphatic rings. The number of halogens is 3. The normalized spacial score (nSPS) is 17.4. The van der Waals surface area contributed by atoms with Crippen molar-refractivity contribution in [1.82, 2.24) is 9.62 Å². The number of hydrogen-bond donors (Lipinski definition) is 1. The molecule has 0 bridgehead atoms. The van der Waals surface area contributed by atoms with E-state index in [2.05, 4.69) is 9.62 Å². The van der Waals surface area contributed by atoms with Crippen molar-refractivity contribution in [1.29, 1.82) is 0 Å². The fraction of sp³-hybridized carbons (Fsp3) is 0.368. The van der Waals surface area contributed by atoms with Gasteiger partial charge in [0.1, 0.15) is 0 Å². The van der Waals surface area contributed by atoms with E-state index in [0.717, 1.165) is 23.8 Å². The Kier molecular flexibility index (Phi) is 6.39. The molecule has 5 nitrogen and oxygen atoms in total. The number of nitrogens with zero attached hydrogens (tertiary/aromatic N) is 1. The Balaban J connectivity index is 1.86. The van der Waals surface area contributed by atoms with E-state index in [0.29, 0.717) is 38.9 Å². The number of rotatable bonds is 6. The lowest BCUT2D eigenvalue weighted by atomic mass is 10.1. The molecule has 1 N–H and O–H groups in total. The van der Waals surface area contributed by atoms with E-state index in [1.54, 1.807) is 24.3 Å². The van der Waals surface area contributed by atoms with Crippen LogP contribution in [0.3, 0.4) is 0 Å². The van der Waals surface area contributed by atoms with Gasteiger partial charge in [-0.2, -0.15) is 13.2 Å². The molecule has 0 aromatic heterocycles. The highest BCUT2D eigenvalue weighted by atomic mass is 32.2. The van der Waals surface area contributed by atoms with Crippen LogP contribution in [-0.4, -0.2) is 46.2 Å². The minimum absolute atomic E-state index is 0.394. The van der Waals surface area contributed by atoms with Crippen LogP contribution in [0.2, 0.25) is 0 Å². The summed E-state index contributed by atoms with van der Waals surface area (Å²) >= 11 is 0. The Morgan fingerprint density at radius 2 is 1.71 bits per heavy atom. The van der Waals surface area contributed by atoms with Gasteiger partial charge in [0.2, 0.25) is 10.0 Å². The Morgan fingerprint density at radius 3 is 2.36 bits per heavy atom. The maximum atomic E-state index is 13.0. The number of sulfonamides is 1. The van der Waals surface area contributed by atoms with Crippen LogP contribution in [-0.2, 0) is 20.9 Å². The fourth-order valence-electron chi connectivity index (χ4n) is 3.03. The van der Waals surface area contributed by atoms with Gasteiger partial charge in [-0.15, -0.1) is 0 Å². The van der Waals surface area contributed by atoms with Crippen molar-refractivity contribution in [3.05, 3.63) is 65.7 Å². The van der Waals surface area contributed by atoms with Crippen LogP contribution in [0, 0.1) is 0 Å². The molecule has 0 aliphatic carbocycles. The van der Waals surface area contributed by atoms with Crippen LogP contribution in [0.5, 0.6) is 0 Å². The first-order valence-electron chi connectivity index (χ1n) is 8.80. The molecule has 3 rings (SSSR count). The zero-order chi connectivity index (χ0) is 20.2. The topological polar surface area (TPSA) is 58.6 Å². The largest absolute Gasteiger partial charge is 0.416 e. The minimum Gasteiger partial charge on any atom is -0.379 e. The predicted octanol–water partition coefficient (Wildman–Crippen LogP) is 3.06. The van der Waals surface area contributed by atoms with E-state index in [4.69, 9.17) is 4.74 Å². The summed E-state index contributed by atoms with van der Waals surface area (Å²) in [6.07, 6.45) is -4.61. The first-order valence-corrected chi connectivity index (χ1v) is 10.3. The van der Waals surface area contributed by atoms with Crippen molar-refractivity contribution in [2.75, 3.05) is 32.8 Å². The molecule has 0 spiro atoms. The Labute approximate surface area is 162 Å². The lowest BCUT2D eigenvalue weighted by molar-refractivity contribution is -0.137. The monoisotopic (exact) mass is 414 g/mol. The number of ether oxygens (including phenoxy) is 1. The molecule has 0 amide bonds. The molecular formula is C19H21F3N2O3S. The Morgan fingerprint density at radius 1 is 1.04 bits per heavy atom. The number of nitrogens with one attached hydrogen (secondary N) is 1. The molecule has 1 heterocycles. The summed E-state index contributed by atoms with van der Waals surface area (Å²) in [7, 11) is -4.15. The van der Waals surface area contributed by atoms with Crippen LogP contribution >= 0.6 is 0 Å². The minimum atomic E-state index is -4.61. The molecule has 1 unspecified atom stereocenters.